The second kappa shape index (κ2) is 6.44. The quantitative estimate of drug-likeness (QED) is 0.940. The molecule has 2 rings (SSSR count). The van der Waals surface area contributed by atoms with E-state index in [0.717, 1.165) is 21.5 Å². The predicted octanol–water partition coefficient (Wildman–Crippen LogP) is 3.35. The number of anilines is 1. The van der Waals surface area contributed by atoms with E-state index in [1.54, 1.807) is 4.90 Å². The van der Waals surface area contributed by atoms with Gasteiger partial charge in [0.1, 0.15) is 9.71 Å². The van der Waals surface area contributed by atoms with Crippen molar-refractivity contribution in [2.75, 3.05) is 18.4 Å². The van der Waals surface area contributed by atoms with E-state index < -0.39 is 0 Å². The van der Waals surface area contributed by atoms with Gasteiger partial charge in [-0.05, 0) is 39.3 Å². The lowest BCUT2D eigenvalue weighted by molar-refractivity contribution is -0.114. The molecule has 0 saturated heterocycles. The van der Waals surface area contributed by atoms with Crippen LogP contribution in [-0.4, -0.2) is 34.8 Å². The number of carbonyl (C=O) groups excluding carboxylic acids is 2. The highest BCUT2D eigenvalue weighted by atomic mass is 32.1. The zero-order valence-corrected chi connectivity index (χ0v) is 14.4. The molecular formula is C16H21N3O2S. The molecule has 22 heavy (non-hydrogen) atoms. The Labute approximate surface area is 134 Å². The number of pyridine rings is 1. The standard InChI is InChI=1S/C16H21N3O2S/c1-6-19(7-2)16(21)14-13(18-11(5)20)12-9(3)8-10(4)17-15(12)22-14/h8H,6-7H2,1-5H3,(H,18,20). The summed E-state index contributed by atoms with van der Waals surface area (Å²) in [5.74, 6) is -0.248. The number of aromatic nitrogens is 1. The Morgan fingerprint density at radius 3 is 2.45 bits per heavy atom. The molecule has 0 fully saturated rings. The van der Waals surface area contributed by atoms with Crippen LogP contribution >= 0.6 is 11.3 Å². The van der Waals surface area contributed by atoms with Gasteiger partial charge in [0.2, 0.25) is 5.91 Å². The minimum atomic E-state index is -0.187. The summed E-state index contributed by atoms with van der Waals surface area (Å²) in [6.07, 6.45) is 0. The molecule has 0 bridgehead atoms. The maximum atomic E-state index is 12.7. The lowest BCUT2D eigenvalue weighted by Gasteiger charge is -2.18. The summed E-state index contributed by atoms with van der Waals surface area (Å²) in [5, 5.41) is 3.69. The monoisotopic (exact) mass is 319 g/mol. The van der Waals surface area contributed by atoms with Gasteiger partial charge in [0.25, 0.3) is 5.91 Å². The summed E-state index contributed by atoms with van der Waals surface area (Å²) >= 11 is 1.34. The summed E-state index contributed by atoms with van der Waals surface area (Å²) in [5.41, 5.74) is 2.51. The van der Waals surface area contributed by atoms with Crippen LogP contribution in [0.4, 0.5) is 5.69 Å². The third-order valence-corrected chi connectivity index (χ3v) is 4.60. The molecule has 2 amide bonds. The first kappa shape index (κ1) is 16.4. The van der Waals surface area contributed by atoms with Crippen molar-refractivity contribution in [2.45, 2.75) is 34.6 Å². The van der Waals surface area contributed by atoms with Crippen molar-refractivity contribution in [3.05, 3.63) is 22.2 Å². The summed E-state index contributed by atoms with van der Waals surface area (Å²) in [6, 6.07) is 1.96. The number of fused-ring (bicyclic) bond motifs is 1. The Morgan fingerprint density at radius 2 is 1.91 bits per heavy atom. The van der Waals surface area contributed by atoms with Gasteiger partial charge >= 0.3 is 0 Å². The minimum Gasteiger partial charge on any atom is -0.338 e. The van der Waals surface area contributed by atoms with Crippen LogP contribution in [-0.2, 0) is 4.79 Å². The molecule has 0 aliphatic carbocycles. The van der Waals surface area contributed by atoms with Gasteiger partial charge in [-0.2, -0.15) is 0 Å². The van der Waals surface area contributed by atoms with Gasteiger partial charge < -0.3 is 10.2 Å². The molecule has 0 radical (unpaired) electrons. The molecule has 1 N–H and O–H groups in total. The van der Waals surface area contributed by atoms with Crippen LogP contribution in [0.2, 0.25) is 0 Å². The van der Waals surface area contributed by atoms with Crippen molar-refractivity contribution < 1.29 is 9.59 Å². The smallest absolute Gasteiger partial charge is 0.266 e. The zero-order chi connectivity index (χ0) is 16.4. The Balaban J connectivity index is 2.69. The second-order valence-corrected chi connectivity index (χ2v) is 6.22. The average molecular weight is 319 g/mol. The van der Waals surface area contributed by atoms with Crippen molar-refractivity contribution in [2.24, 2.45) is 0 Å². The highest BCUT2D eigenvalue weighted by Gasteiger charge is 2.24. The number of carbonyl (C=O) groups is 2. The third-order valence-electron chi connectivity index (χ3n) is 3.53. The van der Waals surface area contributed by atoms with Crippen LogP contribution in [0.15, 0.2) is 6.07 Å². The van der Waals surface area contributed by atoms with Crippen molar-refractivity contribution in [1.82, 2.24) is 9.88 Å². The van der Waals surface area contributed by atoms with Crippen LogP contribution in [0.25, 0.3) is 10.2 Å². The van der Waals surface area contributed by atoms with Gasteiger partial charge in [0.15, 0.2) is 0 Å². The maximum Gasteiger partial charge on any atom is 0.266 e. The van der Waals surface area contributed by atoms with E-state index in [9.17, 15) is 9.59 Å². The van der Waals surface area contributed by atoms with Crippen LogP contribution < -0.4 is 5.32 Å². The molecule has 0 saturated carbocycles. The maximum absolute atomic E-state index is 12.7. The van der Waals surface area contributed by atoms with E-state index in [4.69, 9.17) is 0 Å². The zero-order valence-electron chi connectivity index (χ0n) is 13.6. The number of aryl methyl sites for hydroxylation is 2. The largest absolute Gasteiger partial charge is 0.338 e. The summed E-state index contributed by atoms with van der Waals surface area (Å²) in [4.78, 5) is 31.9. The Kier molecular flexibility index (Phi) is 4.81. The number of hydrogen-bond acceptors (Lipinski definition) is 4. The highest BCUT2D eigenvalue weighted by molar-refractivity contribution is 7.21. The predicted molar refractivity (Wildman–Crippen MR) is 90.6 cm³/mol. The number of hydrogen-bond donors (Lipinski definition) is 1. The fourth-order valence-corrected chi connectivity index (χ4v) is 3.76. The SMILES string of the molecule is CCN(CC)C(=O)c1sc2nc(C)cc(C)c2c1NC(C)=O. The third kappa shape index (κ3) is 2.97. The first-order valence-corrected chi connectivity index (χ1v) is 8.18. The van der Waals surface area contributed by atoms with Crippen LogP contribution in [0, 0.1) is 13.8 Å². The van der Waals surface area contributed by atoms with Gasteiger partial charge in [-0.15, -0.1) is 11.3 Å². The fraction of sp³-hybridized carbons (Fsp3) is 0.438. The molecule has 0 atom stereocenters. The Morgan fingerprint density at radius 1 is 1.27 bits per heavy atom. The molecule has 5 nitrogen and oxygen atoms in total. The lowest BCUT2D eigenvalue weighted by Crippen LogP contribution is -2.30. The summed E-state index contributed by atoms with van der Waals surface area (Å²) in [6.45, 7) is 10.5. The van der Waals surface area contributed by atoms with E-state index >= 15 is 0 Å². The van der Waals surface area contributed by atoms with E-state index in [0.29, 0.717) is 23.7 Å². The lowest BCUT2D eigenvalue weighted by atomic mass is 10.1. The molecule has 2 aromatic heterocycles. The Hall–Kier alpha value is -1.95. The minimum absolute atomic E-state index is 0.0613. The highest BCUT2D eigenvalue weighted by Crippen LogP contribution is 2.37. The van der Waals surface area contributed by atoms with Crippen molar-refractivity contribution in [1.29, 1.82) is 0 Å². The van der Waals surface area contributed by atoms with Gasteiger partial charge in [0, 0.05) is 31.1 Å². The number of nitrogens with zero attached hydrogens (tertiary/aromatic N) is 2. The molecule has 0 spiro atoms. The molecule has 0 aliphatic heterocycles. The number of amides is 2. The van der Waals surface area contributed by atoms with E-state index in [-0.39, 0.29) is 11.8 Å². The van der Waals surface area contributed by atoms with Crippen LogP contribution in [0.1, 0.15) is 41.7 Å². The van der Waals surface area contributed by atoms with E-state index in [1.165, 1.54) is 18.3 Å². The summed E-state index contributed by atoms with van der Waals surface area (Å²) < 4.78 is 0. The fourth-order valence-electron chi connectivity index (χ4n) is 2.54. The van der Waals surface area contributed by atoms with Gasteiger partial charge in [-0.3, -0.25) is 9.59 Å². The molecule has 0 aliphatic rings. The summed E-state index contributed by atoms with van der Waals surface area (Å²) in [7, 11) is 0. The molecule has 0 aromatic carbocycles. The van der Waals surface area contributed by atoms with Crippen LogP contribution in [0.3, 0.4) is 0 Å². The van der Waals surface area contributed by atoms with Crippen molar-refractivity contribution in [3.63, 3.8) is 0 Å². The normalized spacial score (nSPS) is 10.8. The molecular weight excluding hydrogens is 298 g/mol. The average Bonchev–Trinajstić information content (AvgIpc) is 2.77. The molecule has 2 aromatic rings. The van der Waals surface area contributed by atoms with Gasteiger partial charge in [0.05, 0.1) is 5.69 Å². The van der Waals surface area contributed by atoms with Gasteiger partial charge in [-0.25, -0.2) is 4.98 Å². The second-order valence-electron chi connectivity index (χ2n) is 5.23. The first-order valence-electron chi connectivity index (χ1n) is 7.36. The number of rotatable bonds is 4. The van der Waals surface area contributed by atoms with E-state index in [2.05, 4.69) is 10.3 Å². The topological polar surface area (TPSA) is 62.3 Å². The molecule has 6 heteroatoms. The first-order chi connectivity index (χ1) is 10.4. The number of nitrogens with one attached hydrogen (secondary N) is 1. The van der Waals surface area contributed by atoms with Gasteiger partial charge in [-0.1, -0.05) is 0 Å². The van der Waals surface area contributed by atoms with Crippen LogP contribution in [0.5, 0.6) is 0 Å². The Bertz CT molecular complexity index is 733. The van der Waals surface area contributed by atoms with Crippen molar-refractivity contribution in [3.8, 4) is 0 Å². The number of thiophene rings is 1. The molecule has 118 valence electrons. The van der Waals surface area contributed by atoms with Crippen molar-refractivity contribution >= 4 is 39.1 Å². The molecule has 2 heterocycles. The van der Waals surface area contributed by atoms with E-state index in [1.807, 2.05) is 33.8 Å². The molecule has 0 unspecified atom stereocenters.